The quantitative estimate of drug-likeness (QED) is 0.361. The lowest BCUT2D eigenvalue weighted by Crippen LogP contribution is -2.43. The smallest absolute Gasteiger partial charge is 0.249 e. The van der Waals surface area contributed by atoms with Crippen LogP contribution in [-0.2, 0) is 16.1 Å². The highest BCUT2D eigenvalue weighted by molar-refractivity contribution is 9.10. The zero-order valence-electron chi connectivity index (χ0n) is 18.4. The van der Waals surface area contributed by atoms with Gasteiger partial charge in [-0.25, -0.2) is 5.06 Å². The first-order valence-corrected chi connectivity index (χ1v) is 11.2. The largest absolute Gasteiger partial charge is 0.272 e. The molecule has 3 rings (SSSR count). The van der Waals surface area contributed by atoms with Gasteiger partial charge in [-0.05, 0) is 62.1 Å². The lowest BCUT2D eigenvalue weighted by Gasteiger charge is -2.36. The Morgan fingerprint density at radius 3 is 2.30 bits per heavy atom. The molecule has 0 aliphatic carbocycles. The SMILES string of the molecule is C[C@H](c1cccc2ccccc12)N(OC(C)(C)C)C(=O)[C@@H](C)Cc1ccccc1Br. The number of benzene rings is 3. The van der Waals surface area contributed by atoms with Gasteiger partial charge in [0.05, 0.1) is 11.6 Å². The van der Waals surface area contributed by atoms with Crippen molar-refractivity contribution in [2.45, 2.75) is 52.7 Å². The molecule has 158 valence electrons. The maximum atomic E-state index is 13.6. The van der Waals surface area contributed by atoms with Crippen molar-refractivity contribution in [1.29, 1.82) is 0 Å². The average molecular weight is 468 g/mol. The summed E-state index contributed by atoms with van der Waals surface area (Å²) in [5.74, 6) is -0.232. The number of carbonyl (C=O) groups is 1. The van der Waals surface area contributed by atoms with Crippen LogP contribution in [0.2, 0.25) is 0 Å². The van der Waals surface area contributed by atoms with E-state index in [-0.39, 0.29) is 17.9 Å². The molecule has 3 aromatic carbocycles. The molecule has 4 heteroatoms. The van der Waals surface area contributed by atoms with Crippen molar-refractivity contribution in [3.63, 3.8) is 0 Å². The minimum absolute atomic E-state index is 0.0129. The van der Waals surface area contributed by atoms with Gasteiger partial charge in [0.15, 0.2) is 0 Å². The highest BCUT2D eigenvalue weighted by Crippen LogP contribution is 2.32. The average Bonchev–Trinajstić information content (AvgIpc) is 2.71. The van der Waals surface area contributed by atoms with Gasteiger partial charge in [0.2, 0.25) is 5.91 Å². The van der Waals surface area contributed by atoms with E-state index >= 15 is 0 Å². The van der Waals surface area contributed by atoms with Crippen LogP contribution in [-0.4, -0.2) is 16.6 Å². The van der Waals surface area contributed by atoms with E-state index in [0.29, 0.717) is 6.42 Å². The van der Waals surface area contributed by atoms with Gasteiger partial charge in [-0.3, -0.25) is 9.63 Å². The molecule has 0 saturated carbocycles. The molecule has 0 bridgehead atoms. The van der Waals surface area contributed by atoms with Crippen molar-refractivity contribution in [3.05, 3.63) is 82.3 Å². The maximum Gasteiger partial charge on any atom is 0.249 e. The van der Waals surface area contributed by atoms with Crippen LogP contribution in [0.1, 0.15) is 51.8 Å². The third-order valence-corrected chi connectivity index (χ3v) is 5.89. The fourth-order valence-corrected chi connectivity index (χ4v) is 4.10. The van der Waals surface area contributed by atoms with E-state index in [4.69, 9.17) is 4.84 Å². The van der Waals surface area contributed by atoms with Crippen molar-refractivity contribution >= 4 is 32.6 Å². The topological polar surface area (TPSA) is 29.5 Å². The van der Waals surface area contributed by atoms with Crippen LogP contribution in [0.25, 0.3) is 10.8 Å². The number of fused-ring (bicyclic) bond motifs is 1. The molecule has 0 heterocycles. The van der Waals surface area contributed by atoms with Gasteiger partial charge < -0.3 is 0 Å². The Labute approximate surface area is 188 Å². The minimum Gasteiger partial charge on any atom is -0.272 e. The number of hydrogen-bond donors (Lipinski definition) is 0. The maximum absolute atomic E-state index is 13.6. The lowest BCUT2D eigenvalue weighted by molar-refractivity contribution is -0.244. The van der Waals surface area contributed by atoms with Crippen molar-refractivity contribution in [2.24, 2.45) is 5.92 Å². The van der Waals surface area contributed by atoms with Crippen LogP contribution in [0.5, 0.6) is 0 Å². The third-order valence-electron chi connectivity index (χ3n) is 5.12. The summed E-state index contributed by atoms with van der Waals surface area (Å²) in [6.07, 6.45) is 0.645. The van der Waals surface area contributed by atoms with E-state index in [1.54, 1.807) is 5.06 Å². The van der Waals surface area contributed by atoms with Gasteiger partial charge in [-0.2, -0.15) is 0 Å². The van der Waals surface area contributed by atoms with Gasteiger partial charge >= 0.3 is 0 Å². The number of nitrogens with zero attached hydrogens (tertiary/aromatic N) is 1. The van der Waals surface area contributed by atoms with Crippen LogP contribution in [0.3, 0.4) is 0 Å². The molecule has 1 amide bonds. The number of rotatable bonds is 6. The van der Waals surface area contributed by atoms with E-state index in [9.17, 15) is 4.79 Å². The monoisotopic (exact) mass is 467 g/mol. The molecule has 0 aromatic heterocycles. The Balaban J connectivity index is 1.93. The van der Waals surface area contributed by atoms with Gasteiger partial charge in [-0.1, -0.05) is 83.5 Å². The lowest BCUT2D eigenvalue weighted by atomic mass is 9.97. The molecular weight excluding hydrogens is 438 g/mol. The Hall–Kier alpha value is -2.17. The molecule has 0 aliphatic rings. The summed E-state index contributed by atoms with van der Waals surface area (Å²) >= 11 is 3.60. The first kappa shape index (κ1) is 22.5. The Morgan fingerprint density at radius 1 is 0.967 bits per heavy atom. The second kappa shape index (κ2) is 9.32. The molecule has 2 atom stereocenters. The number of carbonyl (C=O) groups excluding carboxylic acids is 1. The molecule has 0 N–H and O–H groups in total. The second-order valence-electron chi connectivity index (χ2n) is 8.81. The summed E-state index contributed by atoms with van der Waals surface area (Å²) in [6, 6.07) is 22.3. The second-order valence-corrected chi connectivity index (χ2v) is 9.66. The summed E-state index contributed by atoms with van der Waals surface area (Å²) in [5.41, 5.74) is 1.72. The molecule has 0 spiro atoms. The third kappa shape index (κ3) is 5.30. The molecule has 0 radical (unpaired) electrons. The van der Waals surface area contributed by atoms with E-state index in [1.165, 1.54) is 0 Å². The highest BCUT2D eigenvalue weighted by Gasteiger charge is 2.31. The normalized spacial score (nSPS) is 13.8. The number of amides is 1. The van der Waals surface area contributed by atoms with Crippen LogP contribution in [0.4, 0.5) is 0 Å². The van der Waals surface area contributed by atoms with Crippen molar-refractivity contribution in [2.75, 3.05) is 0 Å². The van der Waals surface area contributed by atoms with E-state index in [2.05, 4.69) is 46.3 Å². The van der Waals surface area contributed by atoms with Crippen LogP contribution in [0, 0.1) is 5.92 Å². The van der Waals surface area contributed by atoms with Gasteiger partial charge in [0.25, 0.3) is 0 Å². The number of hydroxylamine groups is 2. The molecule has 0 aliphatic heterocycles. The van der Waals surface area contributed by atoms with Gasteiger partial charge in [0, 0.05) is 10.4 Å². The summed E-state index contributed by atoms with van der Waals surface area (Å²) < 4.78 is 1.02. The number of halogens is 1. The predicted octanol–water partition coefficient (Wildman–Crippen LogP) is 7.10. The Kier molecular flexibility index (Phi) is 6.99. The van der Waals surface area contributed by atoms with Crippen LogP contribution in [0.15, 0.2) is 71.2 Å². The van der Waals surface area contributed by atoms with Crippen molar-refractivity contribution in [3.8, 4) is 0 Å². The first-order valence-electron chi connectivity index (χ1n) is 10.4. The van der Waals surface area contributed by atoms with E-state index < -0.39 is 5.60 Å². The predicted molar refractivity (Wildman–Crippen MR) is 127 cm³/mol. The molecule has 0 fully saturated rings. The van der Waals surface area contributed by atoms with E-state index in [0.717, 1.165) is 26.4 Å². The summed E-state index contributed by atoms with van der Waals surface area (Å²) in [4.78, 5) is 19.8. The van der Waals surface area contributed by atoms with Crippen molar-refractivity contribution < 1.29 is 9.63 Å². The molecular formula is C26H30BrNO2. The first-order chi connectivity index (χ1) is 14.2. The summed E-state index contributed by atoms with van der Waals surface area (Å²) in [7, 11) is 0. The molecule has 30 heavy (non-hydrogen) atoms. The fraction of sp³-hybridized carbons (Fsp3) is 0.346. The Bertz CT molecular complexity index is 1020. The molecule has 0 unspecified atom stereocenters. The molecule has 3 nitrogen and oxygen atoms in total. The zero-order valence-corrected chi connectivity index (χ0v) is 19.9. The molecule has 3 aromatic rings. The van der Waals surface area contributed by atoms with Gasteiger partial charge in [0.1, 0.15) is 0 Å². The molecule has 0 saturated heterocycles. The van der Waals surface area contributed by atoms with Crippen molar-refractivity contribution in [1.82, 2.24) is 5.06 Å². The van der Waals surface area contributed by atoms with E-state index in [1.807, 2.05) is 71.0 Å². The number of hydrogen-bond acceptors (Lipinski definition) is 2. The fourth-order valence-electron chi connectivity index (χ4n) is 3.65. The van der Waals surface area contributed by atoms with Crippen LogP contribution >= 0.6 is 15.9 Å². The Morgan fingerprint density at radius 2 is 1.60 bits per heavy atom. The standard InChI is InChI=1S/C26H30BrNO2/c1-18(17-21-12-7-9-16-24(21)27)25(29)28(30-26(3,4)5)19(2)22-15-10-13-20-11-6-8-14-23(20)22/h6-16,18-19H,17H2,1-5H3/t18-,19+/m0/s1. The summed E-state index contributed by atoms with van der Waals surface area (Å²) in [5, 5.41) is 3.89. The minimum atomic E-state index is -0.485. The zero-order chi connectivity index (χ0) is 21.9. The van der Waals surface area contributed by atoms with Gasteiger partial charge in [-0.15, -0.1) is 0 Å². The highest BCUT2D eigenvalue weighted by atomic mass is 79.9. The summed E-state index contributed by atoms with van der Waals surface area (Å²) in [6.45, 7) is 9.93. The van der Waals surface area contributed by atoms with Crippen LogP contribution < -0.4 is 0 Å².